The SMILES string of the molecule is O=C(Cc1csc(-c2cccnc2)n1)O[C@@H](C(=O)N1CCCC1)c1ccccc1. The zero-order valence-electron chi connectivity index (χ0n) is 15.9. The number of aromatic nitrogens is 2. The van der Waals surface area contributed by atoms with Crippen LogP contribution in [0.25, 0.3) is 10.6 Å². The standard InChI is InChI=1S/C22H21N3O3S/c26-19(13-18-15-29-21(24-18)17-9-6-10-23-14-17)28-20(16-7-2-1-3-8-16)22(27)25-11-4-5-12-25/h1-3,6-10,14-15,20H,4-5,11-13H2/t20-/m1/s1. The van der Waals surface area contributed by atoms with Crippen molar-refractivity contribution in [1.29, 1.82) is 0 Å². The van der Waals surface area contributed by atoms with Crippen LogP contribution in [0.5, 0.6) is 0 Å². The van der Waals surface area contributed by atoms with E-state index in [1.165, 1.54) is 11.3 Å². The van der Waals surface area contributed by atoms with E-state index in [0.29, 0.717) is 24.3 Å². The average molecular weight is 407 g/mol. The Morgan fingerprint density at radius 3 is 2.62 bits per heavy atom. The van der Waals surface area contributed by atoms with Crippen LogP contribution in [0.3, 0.4) is 0 Å². The maximum absolute atomic E-state index is 13.0. The fourth-order valence-electron chi connectivity index (χ4n) is 3.32. The molecule has 0 aliphatic carbocycles. The van der Waals surface area contributed by atoms with Crippen molar-refractivity contribution in [3.8, 4) is 10.6 Å². The number of hydrogen-bond donors (Lipinski definition) is 0. The number of ether oxygens (including phenoxy) is 1. The molecule has 0 saturated carbocycles. The molecule has 0 spiro atoms. The highest BCUT2D eigenvalue weighted by molar-refractivity contribution is 7.13. The molecule has 1 aromatic carbocycles. The van der Waals surface area contributed by atoms with Crippen molar-refractivity contribution in [3.63, 3.8) is 0 Å². The molecule has 0 radical (unpaired) electrons. The van der Waals surface area contributed by atoms with Gasteiger partial charge in [-0.1, -0.05) is 30.3 Å². The summed E-state index contributed by atoms with van der Waals surface area (Å²) in [6.45, 7) is 1.42. The molecule has 29 heavy (non-hydrogen) atoms. The lowest BCUT2D eigenvalue weighted by molar-refractivity contribution is -0.160. The van der Waals surface area contributed by atoms with Crippen LogP contribution >= 0.6 is 11.3 Å². The lowest BCUT2D eigenvalue weighted by Gasteiger charge is -2.23. The summed E-state index contributed by atoms with van der Waals surface area (Å²) in [5.74, 6) is -0.620. The number of amides is 1. The van der Waals surface area contributed by atoms with Gasteiger partial charge < -0.3 is 9.64 Å². The predicted octanol–water partition coefficient (Wildman–Crippen LogP) is 3.65. The van der Waals surface area contributed by atoms with E-state index in [2.05, 4.69) is 9.97 Å². The lowest BCUT2D eigenvalue weighted by Crippen LogP contribution is -2.35. The Labute approximate surface area is 173 Å². The smallest absolute Gasteiger partial charge is 0.313 e. The van der Waals surface area contributed by atoms with Gasteiger partial charge in [-0.05, 0) is 25.0 Å². The molecule has 0 bridgehead atoms. The zero-order chi connectivity index (χ0) is 20.1. The molecule has 2 aromatic heterocycles. The Morgan fingerprint density at radius 2 is 1.90 bits per heavy atom. The number of likely N-dealkylation sites (tertiary alicyclic amines) is 1. The van der Waals surface area contributed by atoms with Crippen LogP contribution in [0, 0.1) is 0 Å². The van der Waals surface area contributed by atoms with Crippen LogP contribution in [0.15, 0.2) is 60.2 Å². The molecule has 6 nitrogen and oxygen atoms in total. The molecule has 1 fully saturated rings. The number of esters is 1. The first-order chi connectivity index (χ1) is 14.2. The molecule has 1 aliphatic rings. The molecule has 0 N–H and O–H groups in total. The molecule has 148 valence electrons. The summed E-state index contributed by atoms with van der Waals surface area (Å²) < 4.78 is 5.65. The summed E-state index contributed by atoms with van der Waals surface area (Å²) in [6.07, 6.45) is 4.51. The molecule has 1 saturated heterocycles. The molecule has 3 aromatic rings. The second-order valence-corrected chi connectivity index (χ2v) is 7.73. The minimum atomic E-state index is -0.918. The molecule has 1 aliphatic heterocycles. The minimum absolute atomic E-state index is 0.0212. The highest BCUT2D eigenvalue weighted by Gasteiger charge is 2.31. The van der Waals surface area contributed by atoms with E-state index < -0.39 is 12.1 Å². The number of hydrogen-bond acceptors (Lipinski definition) is 6. The van der Waals surface area contributed by atoms with E-state index in [9.17, 15) is 9.59 Å². The number of carbonyl (C=O) groups excluding carboxylic acids is 2. The number of pyridine rings is 1. The number of rotatable bonds is 6. The highest BCUT2D eigenvalue weighted by Crippen LogP contribution is 2.25. The van der Waals surface area contributed by atoms with Gasteiger partial charge in [-0.15, -0.1) is 11.3 Å². The Balaban J connectivity index is 1.47. The van der Waals surface area contributed by atoms with Crippen molar-refractivity contribution in [2.45, 2.75) is 25.4 Å². The second kappa shape index (κ2) is 8.96. The number of benzene rings is 1. The summed E-state index contributed by atoms with van der Waals surface area (Å²) in [5.41, 5.74) is 2.22. The quantitative estimate of drug-likeness (QED) is 0.583. The third-order valence-corrected chi connectivity index (χ3v) is 5.72. The molecular weight excluding hydrogens is 386 g/mol. The first kappa shape index (κ1) is 19.3. The highest BCUT2D eigenvalue weighted by atomic mass is 32.1. The topological polar surface area (TPSA) is 72.4 Å². The van der Waals surface area contributed by atoms with E-state index in [1.54, 1.807) is 17.3 Å². The van der Waals surface area contributed by atoms with E-state index in [-0.39, 0.29) is 12.3 Å². The second-order valence-electron chi connectivity index (χ2n) is 6.88. The number of thiazole rings is 1. The van der Waals surface area contributed by atoms with Gasteiger partial charge in [0, 0.05) is 42.0 Å². The average Bonchev–Trinajstić information content (AvgIpc) is 3.45. The Morgan fingerprint density at radius 1 is 1.10 bits per heavy atom. The van der Waals surface area contributed by atoms with Crippen LogP contribution in [-0.4, -0.2) is 39.8 Å². The van der Waals surface area contributed by atoms with Gasteiger partial charge in [-0.2, -0.15) is 0 Å². The van der Waals surface area contributed by atoms with Crippen molar-refractivity contribution in [3.05, 3.63) is 71.5 Å². The molecular formula is C22H21N3O3S. The van der Waals surface area contributed by atoms with Gasteiger partial charge in [-0.3, -0.25) is 14.6 Å². The lowest BCUT2D eigenvalue weighted by atomic mass is 10.1. The van der Waals surface area contributed by atoms with Crippen LogP contribution < -0.4 is 0 Å². The largest absolute Gasteiger partial charge is 0.447 e. The molecule has 4 rings (SSSR count). The third kappa shape index (κ3) is 4.68. The molecule has 1 amide bonds. The zero-order valence-corrected chi connectivity index (χ0v) is 16.7. The Hall–Kier alpha value is -3.06. The molecule has 0 unspecified atom stereocenters. The summed E-state index contributed by atoms with van der Waals surface area (Å²) in [4.78, 5) is 35.9. The number of carbonyl (C=O) groups is 2. The van der Waals surface area contributed by atoms with Crippen molar-refractivity contribution < 1.29 is 14.3 Å². The van der Waals surface area contributed by atoms with Gasteiger partial charge in [-0.25, -0.2) is 4.98 Å². The summed E-state index contributed by atoms with van der Waals surface area (Å²) in [6, 6.07) is 13.0. The first-order valence-corrected chi connectivity index (χ1v) is 10.5. The van der Waals surface area contributed by atoms with Crippen molar-refractivity contribution in [2.24, 2.45) is 0 Å². The first-order valence-electron chi connectivity index (χ1n) is 9.59. The van der Waals surface area contributed by atoms with E-state index in [0.717, 1.165) is 23.4 Å². The molecule has 7 heteroatoms. The van der Waals surface area contributed by atoms with Crippen LogP contribution in [0.2, 0.25) is 0 Å². The normalized spacial score (nSPS) is 14.6. The molecule has 1 atom stereocenters. The Kier molecular flexibility index (Phi) is 5.95. The van der Waals surface area contributed by atoms with E-state index in [1.807, 2.05) is 47.8 Å². The monoisotopic (exact) mass is 407 g/mol. The number of nitrogens with zero attached hydrogens (tertiary/aromatic N) is 3. The van der Waals surface area contributed by atoms with Crippen molar-refractivity contribution in [1.82, 2.24) is 14.9 Å². The van der Waals surface area contributed by atoms with Crippen molar-refractivity contribution >= 4 is 23.2 Å². The fourth-order valence-corrected chi connectivity index (χ4v) is 4.13. The van der Waals surface area contributed by atoms with Gasteiger partial charge in [0.15, 0.2) is 0 Å². The predicted molar refractivity (Wildman–Crippen MR) is 110 cm³/mol. The van der Waals surface area contributed by atoms with Crippen LogP contribution in [0.4, 0.5) is 0 Å². The summed E-state index contributed by atoms with van der Waals surface area (Å²) in [7, 11) is 0. The fraction of sp³-hybridized carbons (Fsp3) is 0.273. The van der Waals surface area contributed by atoms with E-state index >= 15 is 0 Å². The van der Waals surface area contributed by atoms with Gasteiger partial charge in [0.25, 0.3) is 5.91 Å². The summed E-state index contributed by atoms with van der Waals surface area (Å²) in [5, 5.41) is 2.64. The van der Waals surface area contributed by atoms with Gasteiger partial charge in [0.1, 0.15) is 5.01 Å². The molecule has 3 heterocycles. The third-order valence-electron chi connectivity index (χ3n) is 4.78. The maximum Gasteiger partial charge on any atom is 0.313 e. The maximum atomic E-state index is 13.0. The van der Waals surface area contributed by atoms with Gasteiger partial charge in [0.2, 0.25) is 6.10 Å². The van der Waals surface area contributed by atoms with Gasteiger partial charge in [0.05, 0.1) is 12.1 Å². The Bertz CT molecular complexity index is 969. The summed E-state index contributed by atoms with van der Waals surface area (Å²) >= 11 is 1.45. The minimum Gasteiger partial charge on any atom is -0.447 e. The van der Waals surface area contributed by atoms with E-state index in [4.69, 9.17) is 4.74 Å². The van der Waals surface area contributed by atoms with Crippen LogP contribution in [-0.2, 0) is 20.7 Å². The van der Waals surface area contributed by atoms with Gasteiger partial charge >= 0.3 is 5.97 Å². The van der Waals surface area contributed by atoms with Crippen LogP contribution in [0.1, 0.15) is 30.2 Å². The van der Waals surface area contributed by atoms with Crippen molar-refractivity contribution in [2.75, 3.05) is 13.1 Å².